The Balaban J connectivity index is 1.52. The van der Waals surface area contributed by atoms with Gasteiger partial charge in [-0.2, -0.15) is 0 Å². The molecule has 0 unspecified atom stereocenters. The monoisotopic (exact) mass is 398 g/mol. The molecule has 0 spiro atoms. The van der Waals surface area contributed by atoms with Crippen LogP contribution in [0.4, 0.5) is 0 Å². The molecule has 144 valence electrons. The molecule has 1 aliphatic rings. The second-order valence-electron chi connectivity index (χ2n) is 6.25. The van der Waals surface area contributed by atoms with Gasteiger partial charge in [0.2, 0.25) is 0 Å². The summed E-state index contributed by atoms with van der Waals surface area (Å²) in [4.78, 5) is 12.7. The van der Waals surface area contributed by atoms with E-state index in [0.29, 0.717) is 41.8 Å². The van der Waals surface area contributed by atoms with E-state index < -0.39 is 0 Å². The molecule has 0 aliphatic carbocycles. The fourth-order valence-electron chi connectivity index (χ4n) is 3.06. The fraction of sp³-hybridized carbons (Fsp3) is 0.190. The zero-order valence-electron chi connectivity index (χ0n) is 15.3. The summed E-state index contributed by atoms with van der Waals surface area (Å²) in [5.74, 6) is 1.59. The Morgan fingerprint density at radius 2 is 1.89 bits per heavy atom. The molecular formula is C21H19ClN2O4. The third-order valence-corrected chi connectivity index (χ3v) is 4.76. The number of methoxy groups -OCH3 is 1. The van der Waals surface area contributed by atoms with E-state index in [-0.39, 0.29) is 5.91 Å². The van der Waals surface area contributed by atoms with Gasteiger partial charge in [-0.25, -0.2) is 0 Å². The highest BCUT2D eigenvalue weighted by atomic mass is 35.5. The van der Waals surface area contributed by atoms with Crippen LogP contribution in [-0.2, 0) is 6.54 Å². The number of rotatable bonds is 5. The number of carbonyl (C=O) groups is 1. The van der Waals surface area contributed by atoms with Crippen LogP contribution in [0.15, 0.2) is 54.9 Å². The number of nitrogens with one attached hydrogen (secondary N) is 1. The van der Waals surface area contributed by atoms with Gasteiger partial charge in [0, 0.05) is 25.0 Å². The molecule has 1 N–H and O–H groups in total. The second kappa shape index (κ2) is 7.86. The molecule has 4 rings (SSSR count). The van der Waals surface area contributed by atoms with Gasteiger partial charge in [-0.15, -0.1) is 0 Å². The SMILES string of the molecule is COc1cc(-n2cccc2)c(Cl)cc1C(=O)NCc1ccc2c(c1)OCCO2. The lowest BCUT2D eigenvalue weighted by atomic mass is 10.1. The number of ether oxygens (including phenoxy) is 3. The molecule has 0 bridgehead atoms. The summed E-state index contributed by atoms with van der Waals surface area (Å²) in [6, 6.07) is 12.8. The average molecular weight is 399 g/mol. The van der Waals surface area contributed by atoms with E-state index in [1.807, 2.05) is 47.3 Å². The Bertz CT molecular complexity index is 1000. The lowest BCUT2D eigenvalue weighted by Crippen LogP contribution is -2.24. The molecule has 7 heteroatoms. The van der Waals surface area contributed by atoms with Gasteiger partial charge in [-0.1, -0.05) is 17.7 Å². The maximum absolute atomic E-state index is 12.7. The van der Waals surface area contributed by atoms with Crippen molar-refractivity contribution >= 4 is 17.5 Å². The molecule has 6 nitrogen and oxygen atoms in total. The fourth-order valence-corrected chi connectivity index (χ4v) is 3.32. The zero-order chi connectivity index (χ0) is 19.5. The van der Waals surface area contributed by atoms with Crippen molar-refractivity contribution in [3.63, 3.8) is 0 Å². The van der Waals surface area contributed by atoms with Gasteiger partial charge in [0.25, 0.3) is 5.91 Å². The largest absolute Gasteiger partial charge is 0.496 e. The van der Waals surface area contributed by atoms with Crippen LogP contribution in [0.1, 0.15) is 15.9 Å². The number of amides is 1. The van der Waals surface area contributed by atoms with Gasteiger partial charge in [-0.3, -0.25) is 4.79 Å². The van der Waals surface area contributed by atoms with Gasteiger partial charge >= 0.3 is 0 Å². The van der Waals surface area contributed by atoms with E-state index in [4.69, 9.17) is 25.8 Å². The number of aromatic nitrogens is 1. The Kier molecular flexibility index (Phi) is 5.12. The maximum Gasteiger partial charge on any atom is 0.255 e. The lowest BCUT2D eigenvalue weighted by Gasteiger charge is -2.19. The van der Waals surface area contributed by atoms with Gasteiger partial charge in [0.15, 0.2) is 11.5 Å². The molecule has 1 aliphatic heterocycles. The third kappa shape index (κ3) is 3.64. The molecule has 1 aromatic heterocycles. The van der Waals surface area contributed by atoms with Crippen LogP contribution in [-0.4, -0.2) is 30.8 Å². The van der Waals surface area contributed by atoms with Crippen molar-refractivity contribution in [1.82, 2.24) is 9.88 Å². The first-order valence-corrected chi connectivity index (χ1v) is 9.21. The number of nitrogens with zero attached hydrogens (tertiary/aromatic N) is 1. The summed E-state index contributed by atoms with van der Waals surface area (Å²) < 4.78 is 18.4. The van der Waals surface area contributed by atoms with Crippen molar-refractivity contribution in [2.75, 3.05) is 20.3 Å². The molecule has 0 radical (unpaired) electrons. The van der Waals surface area contributed by atoms with Crippen molar-refractivity contribution in [1.29, 1.82) is 0 Å². The zero-order valence-corrected chi connectivity index (χ0v) is 16.0. The van der Waals surface area contributed by atoms with Crippen molar-refractivity contribution < 1.29 is 19.0 Å². The van der Waals surface area contributed by atoms with Gasteiger partial charge < -0.3 is 24.1 Å². The Morgan fingerprint density at radius 1 is 1.14 bits per heavy atom. The number of hydrogen-bond acceptors (Lipinski definition) is 4. The first-order chi connectivity index (χ1) is 13.7. The van der Waals surface area contributed by atoms with Crippen LogP contribution in [0.25, 0.3) is 5.69 Å². The van der Waals surface area contributed by atoms with E-state index in [1.165, 1.54) is 7.11 Å². The number of benzene rings is 2. The highest BCUT2D eigenvalue weighted by molar-refractivity contribution is 6.33. The molecule has 3 aromatic rings. The van der Waals surface area contributed by atoms with Gasteiger partial charge in [-0.05, 0) is 35.9 Å². The average Bonchev–Trinajstić information content (AvgIpc) is 3.26. The number of carbonyl (C=O) groups excluding carboxylic acids is 1. The summed E-state index contributed by atoms with van der Waals surface area (Å²) in [7, 11) is 1.53. The molecule has 28 heavy (non-hydrogen) atoms. The number of halogens is 1. The Hall–Kier alpha value is -3.12. The minimum absolute atomic E-state index is 0.271. The minimum Gasteiger partial charge on any atom is -0.496 e. The van der Waals surface area contributed by atoms with E-state index in [9.17, 15) is 4.79 Å². The standard InChI is InChI=1S/C21H19ClN2O4/c1-26-19-12-17(24-6-2-3-7-24)16(22)11-15(19)21(25)23-13-14-4-5-18-20(10-14)28-9-8-27-18/h2-7,10-12H,8-9,13H2,1H3,(H,23,25). The maximum atomic E-state index is 12.7. The van der Waals surface area contributed by atoms with Crippen molar-refractivity contribution in [3.05, 3.63) is 71.0 Å². The minimum atomic E-state index is -0.271. The van der Waals surface area contributed by atoms with E-state index >= 15 is 0 Å². The summed E-state index contributed by atoms with van der Waals surface area (Å²) >= 11 is 6.40. The van der Waals surface area contributed by atoms with Gasteiger partial charge in [0.1, 0.15) is 19.0 Å². The Morgan fingerprint density at radius 3 is 2.64 bits per heavy atom. The molecule has 1 amide bonds. The second-order valence-corrected chi connectivity index (χ2v) is 6.66. The van der Waals surface area contributed by atoms with Crippen LogP contribution in [0, 0.1) is 0 Å². The van der Waals surface area contributed by atoms with Crippen LogP contribution >= 0.6 is 11.6 Å². The molecular weight excluding hydrogens is 380 g/mol. The summed E-state index contributed by atoms with van der Waals surface area (Å²) in [6.07, 6.45) is 3.75. The molecule has 0 fully saturated rings. The van der Waals surface area contributed by atoms with Crippen molar-refractivity contribution in [2.45, 2.75) is 6.54 Å². The molecule has 2 heterocycles. The summed E-state index contributed by atoms with van der Waals surface area (Å²) in [5, 5.41) is 3.36. The predicted molar refractivity (Wildman–Crippen MR) is 106 cm³/mol. The van der Waals surface area contributed by atoms with Crippen LogP contribution < -0.4 is 19.5 Å². The highest BCUT2D eigenvalue weighted by Gasteiger charge is 2.17. The number of fused-ring (bicyclic) bond motifs is 1. The van der Waals surface area contributed by atoms with E-state index in [1.54, 1.807) is 12.1 Å². The van der Waals surface area contributed by atoms with Crippen molar-refractivity contribution in [3.8, 4) is 22.9 Å². The van der Waals surface area contributed by atoms with E-state index in [2.05, 4.69) is 5.32 Å². The molecule has 0 saturated heterocycles. The Labute approximate surface area is 167 Å². The first-order valence-electron chi connectivity index (χ1n) is 8.83. The predicted octanol–water partition coefficient (Wildman–Crippen LogP) is 3.84. The molecule has 2 aromatic carbocycles. The van der Waals surface area contributed by atoms with Crippen LogP contribution in [0.5, 0.6) is 17.2 Å². The lowest BCUT2D eigenvalue weighted by molar-refractivity contribution is 0.0947. The number of hydrogen-bond donors (Lipinski definition) is 1. The first kappa shape index (κ1) is 18.3. The third-order valence-electron chi connectivity index (χ3n) is 4.46. The molecule has 0 atom stereocenters. The van der Waals surface area contributed by atoms with Gasteiger partial charge in [0.05, 0.1) is 23.4 Å². The van der Waals surface area contributed by atoms with Crippen LogP contribution in [0.3, 0.4) is 0 Å². The summed E-state index contributed by atoms with van der Waals surface area (Å²) in [5.41, 5.74) is 2.03. The smallest absolute Gasteiger partial charge is 0.255 e. The normalized spacial score (nSPS) is 12.5. The molecule has 0 saturated carbocycles. The quantitative estimate of drug-likeness (QED) is 0.709. The highest BCUT2D eigenvalue weighted by Crippen LogP contribution is 2.32. The van der Waals surface area contributed by atoms with E-state index in [0.717, 1.165) is 17.0 Å². The van der Waals surface area contributed by atoms with Crippen molar-refractivity contribution in [2.24, 2.45) is 0 Å². The van der Waals surface area contributed by atoms with Crippen LogP contribution in [0.2, 0.25) is 5.02 Å². The topological polar surface area (TPSA) is 61.7 Å². The summed E-state index contributed by atoms with van der Waals surface area (Å²) in [6.45, 7) is 1.41.